The summed E-state index contributed by atoms with van der Waals surface area (Å²) in [6, 6.07) is 11.5. The molecule has 3 aromatic rings. The first-order valence-corrected chi connectivity index (χ1v) is 8.39. The van der Waals surface area contributed by atoms with E-state index >= 15 is 0 Å². The molecule has 0 amide bonds. The van der Waals surface area contributed by atoms with E-state index < -0.39 is 10.8 Å². The van der Waals surface area contributed by atoms with Crippen molar-refractivity contribution in [2.24, 2.45) is 0 Å². The Morgan fingerprint density at radius 1 is 1.14 bits per heavy atom. The quantitative estimate of drug-likeness (QED) is 0.721. The van der Waals surface area contributed by atoms with Crippen LogP contribution in [0, 0.1) is 13.8 Å². The zero-order chi connectivity index (χ0) is 15.5. The third kappa shape index (κ3) is 3.33. The van der Waals surface area contributed by atoms with E-state index in [-0.39, 0.29) is 0 Å². The summed E-state index contributed by atoms with van der Waals surface area (Å²) < 4.78 is 23.0. The molecule has 22 heavy (non-hydrogen) atoms. The van der Waals surface area contributed by atoms with Gasteiger partial charge in [-0.15, -0.1) is 0 Å². The second-order valence-electron chi connectivity index (χ2n) is 5.05. The second-order valence-corrected chi connectivity index (χ2v) is 6.51. The summed E-state index contributed by atoms with van der Waals surface area (Å²) in [4.78, 5) is 4.46. The lowest BCUT2D eigenvalue weighted by Crippen LogP contribution is -2.00. The third-order valence-corrected chi connectivity index (χ3v) is 4.39. The van der Waals surface area contributed by atoms with Gasteiger partial charge in [0.15, 0.2) is 0 Å². The third-order valence-electron chi connectivity index (χ3n) is 3.19. The molecule has 0 spiro atoms. The summed E-state index contributed by atoms with van der Waals surface area (Å²) in [6.45, 7) is 3.68. The molecule has 2 aromatic heterocycles. The van der Waals surface area contributed by atoms with Gasteiger partial charge in [0.25, 0.3) is 0 Å². The monoisotopic (exact) mass is 316 g/mol. The fourth-order valence-electron chi connectivity index (χ4n) is 2.11. The van der Waals surface area contributed by atoms with E-state index in [0.717, 1.165) is 11.3 Å². The summed E-state index contributed by atoms with van der Waals surface area (Å²) in [7, 11) is -1.12. The maximum absolute atomic E-state index is 12.2. The van der Waals surface area contributed by atoms with Crippen LogP contribution in [0.1, 0.15) is 22.9 Å². The Morgan fingerprint density at radius 2 is 1.91 bits per heavy atom. The molecule has 2 heterocycles. The molecule has 5 nitrogen and oxygen atoms in total. The van der Waals surface area contributed by atoms with Gasteiger partial charge in [0.05, 0.1) is 22.9 Å². The summed E-state index contributed by atoms with van der Waals surface area (Å²) in [5.74, 6) is 2.54. The highest BCUT2D eigenvalue weighted by Gasteiger charge is 2.15. The molecule has 6 heteroatoms. The van der Waals surface area contributed by atoms with E-state index in [1.54, 1.807) is 6.07 Å². The zero-order valence-electron chi connectivity index (χ0n) is 12.4. The highest BCUT2D eigenvalue weighted by molar-refractivity contribution is 7.83. The molecule has 0 aliphatic carbocycles. The molecule has 0 aliphatic heterocycles. The Labute approximate surface area is 130 Å². The number of nitrogens with zero attached hydrogens (tertiary/aromatic N) is 2. The van der Waals surface area contributed by atoms with Gasteiger partial charge in [-0.05, 0) is 26.0 Å². The van der Waals surface area contributed by atoms with Crippen molar-refractivity contribution in [1.29, 1.82) is 0 Å². The minimum absolute atomic E-state index is 0.327. The van der Waals surface area contributed by atoms with Crippen molar-refractivity contribution in [3.63, 3.8) is 0 Å². The molecule has 1 aromatic carbocycles. The van der Waals surface area contributed by atoms with Crippen LogP contribution in [0.4, 0.5) is 0 Å². The van der Waals surface area contributed by atoms with Gasteiger partial charge in [0, 0.05) is 22.4 Å². The lowest BCUT2D eigenvalue weighted by Gasteiger charge is -1.97. The molecule has 0 radical (unpaired) electrons. The molecule has 0 fully saturated rings. The molecular weight excluding hydrogens is 300 g/mol. The number of rotatable bonds is 5. The minimum Gasteiger partial charge on any atom is -0.441 e. The van der Waals surface area contributed by atoms with Crippen LogP contribution in [0.25, 0.3) is 11.5 Å². The van der Waals surface area contributed by atoms with Crippen LogP contribution in [0.5, 0.6) is 0 Å². The molecule has 0 aliphatic rings. The van der Waals surface area contributed by atoms with Gasteiger partial charge in [-0.2, -0.15) is 0 Å². The van der Waals surface area contributed by atoms with Crippen molar-refractivity contribution in [3.8, 4) is 11.5 Å². The topological polar surface area (TPSA) is 69.1 Å². The maximum atomic E-state index is 12.2. The van der Waals surface area contributed by atoms with E-state index in [2.05, 4.69) is 10.1 Å². The van der Waals surface area contributed by atoms with Crippen LogP contribution in [0.3, 0.4) is 0 Å². The Morgan fingerprint density at radius 3 is 2.59 bits per heavy atom. The van der Waals surface area contributed by atoms with E-state index in [4.69, 9.17) is 8.94 Å². The van der Waals surface area contributed by atoms with Gasteiger partial charge in [-0.1, -0.05) is 23.4 Å². The Bertz CT molecular complexity index is 793. The smallest absolute Gasteiger partial charge is 0.226 e. The second kappa shape index (κ2) is 6.27. The Hall–Kier alpha value is -2.21. The minimum atomic E-state index is -1.12. The van der Waals surface area contributed by atoms with Crippen molar-refractivity contribution < 1.29 is 13.1 Å². The van der Waals surface area contributed by atoms with Crippen LogP contribution in [0.2, 0.25) is 0 Å². The average molecular weight is 316 g/mol. The van der Waals surface area contributed by atoms with Gasteiger partial charge < -0.3 is 8.94 Å². The first kappa shape index (κ1) is 14.7. The van der Waals surface area contributed by atoms with E-state index in [1.807, 2.05) is 44.2 Å². The predicted octanol–water partition coefficient (Wildman–Crippen LogP) is 3.40. The Balaban J connectivity index is 1.73. The lowest BCUT2D eigenvalue weighted by molar-refractivity contribution is 0.390. The van der Waals surface area contributed by atoms with Crippen LogP contribution < -0.4 is 0 Å². The van der Waals surface area contributed by atoms with Gasteiger partial charge in [-0.3, -0.25) is 4.21 Å². The summed E-state index contributed by atoms with van der Waals surface area (Å²) >= 11 is 0. The van der Waals surface area contributed by atoms with E-state index in [1.165, 1.54) is 0 Å². The predicted molar refractivity (Wildman–Crippen MR) is 83.5 cm³/mol. The standard InChI is InChI=1S/C16H16N2O3S/c1-11-8-14(21-18-11)9-22(19)10-15-12(2)20-16(17-15)13-6-4-3-5-7-13/h3-8H,9-10H2,1-2H3. The first-order chi connectivity index (χ1) is 10.6. The molecular formula is C16H16N2O3S. The van der Waals surface area contributed by atoms with Gasteiger partial charge in [0.1, 0.15) is 11.5 Å². The number of hydrogen-bond donors (Lipinski definition) is 0. The first-order valence-electron chi connectivity index (χ1n) is 6.90. The molecule has 0 saturated heterocycles. The van der Waals surface area contributed by atoms with E-state index in [9.17, 15) is 4.21 Å². The molecule has 1 unspecified atom stereocenters. The largest absolute Gasteiger partial charge is 0.441 e. The zero-order valence-corrected chi connectivity index (χ0v) is 13.2. The van der Waals surface area contributed by atoms with Crippen molar-refractivity contribution in [2.45, 2.75) is 25.4 Å². The van der Waals surface area contributed by atoms with Crippen LogP contribution in [0.15, 0.2) is 45.3 Å². The summed E-state index contributed by atoms with van der Waals surface area (Å²) in [5, 5.41) is 3.79. The number of aryl methyl sites for hydroxylation is 2. The van der Waals surface area contributed by atoms with Crippen molar-refractivity contribution >= 4 is 10.8 Å². The average Bonchev–Trinajstić information content (AvgIpc) is 3.07. The number of hydrogen-bond acceptors (Lipinski definition) is 5. The number of aromatic nitrogens is 2. The van der Waals surface area contributed by atoms with Crippen LogP contribution in [-0.4, -0.2) is 14.3 Å². The molecule has 114 valence electrons. The lowest BCUT2D eigenvalue weighted by atomic mass is 10.2. The van der Waals surface area contributed by atoms with Crippen molar-refractivity contribution in [2.75, 3.05) is 0 Å². The normalized spacial score (nSPS) is 12.5. The van der Waals surface area contributed by atoms with E-state index in [0.29, 0.717) is 34.6 Å². The fourth-order valence-corrected chi connectivity index (χ4v) is 3.24. The van der Waals surface area contributed by atoms with Crippen LogP contribution >= 0.6 is 0 Å². The fraction of sp³-hybridized carbons (Fsp3) is 0.250. The van der Waals surface area contributed by atoms with Crippen LogP contribution in [-0.2, 0) is 22.3 Å². The summed E-state index contributed by atoms with van der Waals surface area (Å²) in [5.41, 5.74) is 2.41. The Kier molecular flexibility index (Phi) is 4.20. The van der Waals surface area contributed by atoms with Gasteiger partial charge in [0.2, 0.25) is 5.89 Å². The molecule has 3 rings (SSSR count). The van der Waals surface area contributed by atoms with Crippen molar-refractivity contribution in [1.82, 2.24) is 10.1 Å². The molecule has 0 N–H and O–H groups in total. The molecule has 1 atom stereocenters. The van der Waals surface area contributed by atoms with Gasteiger partial charge >= 0.3 is 0 Å². The summed E-state index contributed by atoms with van der Waals surface area (Å²) in [6.07, 6.45) is 0. The molecule has 0 bridgehead atoms. The maximum Gasteiger partial charge on any atom is 0.226 e. The highest BCUT2D eigenvalue weighted by atomic mass is 32.2. The number of benzene rings is 1. The highest BCUT2D eigenvalue weighted by Crippen LogP contribution is 2.22. The molecule has 0 saturated carbocycles. The van der Waals surface area contributed by atoms with Gasteiger partial charge in [-0.25, -0.2) is 4.98 Å². The SMILES string of the molecule is Cc1cc(CS(=O)Cc2nc(-c3ccccc3)oc2C)on1. The number of oxazole rings is 1. The van der Waals surface area contributed by atoms with Crippen molar-refractivity contribution in [3.05, 3.63) is 59.3 Å².